The zero-order chi connectivity index (χ0) is 18.4. The van der Waals surface area contributed by atoms with Gasteiger partial charge in [-0.25, -0.2) is 4.98 Å². The van der Waals surface area contributed by atoms with Gasteiger partial charge in [-0.15, -0.1) is 0 Å². The SMILES string of the molecule is O=C(COc1ccc(Cl)cc1Cl)Nc1ccc(Nc2ccccc2)nc1. The van der Waals surface area contributed by atoms with Crippen LogP contribution in [0.25, 0.3) is 0 Å². The molecule has 132 valence electrons. The molecule has 0 aliphatic heterocycles. The molecular formula is C19H15Cl2N3O2. The molecule has 3 aromatic rings. The number of rotatable bonds is 6. The third-order valence-corrected chi connectivity index (χ3v) is 3.88. The van der Waals surface area contributed by atoms with E-state index in [2.05, 4.69) is 15.6 Å². The Hall–Kier alpha value is -2.76. The second-order valence-electron chi connectivity index (χ2n) is 5.33. The summed E-state index contributed by atoms with van der Waals surface area (Å²) in [6, 6.07) is 18.0. The second kappa shape index (κ2) is 8.56. The fraction of sp³-hybridized carbons (Fsp3) is 0.0526. The number of halogens is 2. The molecule has 0 aliphatic carbocycles. The van der Waals surface area contributed by atoms with E-state index in [9.17, 15) is 4.79 Å². The van der Waals surface area contributed by atoms with Gasteiger partial charge in [-0.05, 0) is 42.5 Å². The van der Waals surface area contributed by atoms with Crippen LogP contribution in [0.4, 0.5) is 17.2 Å². The lowest BCUT2D eigenvalue weighted by molar-refractivity contribution is -0.118. The number of nitrogens with one attached hydrogen (secondary N) is 2. The Morgan fingerprint density at radius 3 is 2.50 bits per heavy atom. The first-order valence-electron chi connectivity index (χ1n) is 7.76. The van der Waals surface area contributed by atoms with Crippen LogP contribution < -0.4 is 15.4 Å². The summed E-state index contributed by atoms with van der Waals surface area (Å²) in [6.07, 6.45) is 1.57. The minimum atomic E-state index is -0.318. The van der Waals surface area contributed by atoms with E-state index in [-0.39, 0.29) is 12.5 Å². The Labute approximate surface area is 160 Å². The van der Waals surface area contributed by atoms with Crippen molar-refractivity contribution in [3.8, 4) is 5.75 Å². The van der Waals surface area contributed by atoms with Crippen LogP contribution in [0.3, 0.4) is 0 Å². The van der Waals surface area contributed by atoms with Crippen LogP contribution in [0.1, 0.15) is 0 Å². The Bertz CT molecular complexity index is 887. The maximum absolute atomic E-state index is 12.0. The average Bonchev–Trinajstić information content (AvgIpc) is 2.63. The summed E-state index contributed by atoms with van der Waals surface area (Å²) in [4.78, 5) is 16.3. The van der Waals surface area contributed by atoms with Crippen molar-refractivity contribution in [1.82, 2.24) is 4.98 Å². The van der Waals surface area contributed by atoms with E-state index in [4.69, 9.17) is 27.9 Å². The first-order chi connectivity index (χ1) is 12.6. The number of carbonyl (C=O) groups is 1. The zero-order valence-corrected chi connectivity index (χ0v) is 15.1. The van der Waals surface area contributed by atoms with Gasteiger partial charge in [0.05, 0.1) is 16.9 Å². The molecule has 2 aromatic carbocycles. The van der Waals surface area contributed by atoms with Gasteiger partial charge in [0.2, 0.25) is 0 Å². The number of hydrogen-bond acceptors (Lipinski definition) is 4. The van der Waals surface area contributed by atoms with Crippen LogP contribution in [0, 0.1) is 0 Å². The van der Waals surface area contributed by atoms with E-state index in [0.717, 1.165) is 5.69 Å². The van der Waals surface area contributed by atoms with Gasteiger partial charge in [0.1, 0.15) is 11.6 Å². The molecule has 1 heterocycles. The second-order valence-corrected chi connectivity index (χ2v) is 6.18. The van der Waals surface area contributed by atoms with Crippen molar-refractivity contribution in [3.63, 3.8) is 0 Å². The van der Waals surface area contributed by atoms with Crippen LogP contribution in [-0.2, 0) is 4.79 Å². The maximum Gasteiger partial charge on any atom is 0.262 e. The van der Waals surface area contributed by atoms with Gasteiger partial charge in [-0.1, -0.05) is 41.4 Å². The summed E-state index contributed by atoms with van der Waals surface area (Å²) in [5.74, 6) is 0.756. The molecule has 0 atom stereocenters. The lowest BCUT2D eigenvalue weighted by Crippen LogP contribution is -2.20. The van der Waals surface area contributed by atoms with Gasteiger partial charge in [0.15, 0.2) is 6.61 Å². The number of amides is 1. The Morgan fingerprint density at radius 1 is 1.00 bits per heavy atom. The highest BCUT2D eigenvalue weighted by atomic mass is 35.5. The standard InChI is InChI=1S/C19H15Cl2N3O2/c20-13-6-8-17(16(21)10-13)26-12-19(25)24-15-7-9-18(22-11-15)23-14-4-2-1-3-5-14/h1-11H,12H2,(H,22,23)(H,24,25). The van der Waals surface area contributed by atoms with Crippen molar-refractivity contribution in [2.45, 2.75) is 0 Å². The summed E-state index contributed by atoms with van der Waals surface area (Å²) in [6.45, 7) is -0.175. The predicted octanol–water partition coefficient (Wildman–Crippen LogP) is 5.15. The molecular weight excluding hydrogens is 373 g/mol. The van der Waals surface area contributed by atoms with Crippen molar-refractivity contribution in [2.75, 3.05) is 17.2 Å². The Kier molecular flexibility index (Phi) is 5.94. The van der Waals surface area contributed by atoms with Gasteiger partial charge in [-0.2, -0.15) is 0 Å². The summed E-state index contributed by atoms with van der Waals surface area (Å²) < 4.78 is 5.39. The first-order valence-corrected chi connectivity index (χ1v) is 8.51. The van der Waals surface area contributed by atoms with E-state index in [1.165, 1.54) is 0 Å². The number of aromatic nitrogens is 1. The highest BCUT2D eigenvalue weighted by Crippen LogP contribution is 2.27. The monoisotopic (exact) mass is 387 g/mol. The molecule has 0 saturated heterocycles. The molecule has 0 fully saturated rings. The van der Waals surface area contributed by atoms with E-state index in [1.54, 1.807) is 36.5 Å². The minimum absolute atomic E-state index is 0.175. The third kappa shape index (κ3) is 5.12. The summed E-state index contributed by atoms with van der Waals surface area (Å²) >= 11 is 11.8. The molecule has 1 aromatic heterocycles. The topological polar surface area (TPSA) is 63.2 Å². The predicted molar refractivity (Wildman–Crippen MR) is 105 cm³/mol. The quantitative estimate of drug-likeness (QED) is 0.613. The summed E-state index contributed by atoms with van der Waals surface area (Å²) in [7, 11) is 0. The van der Waals surface area contributed by atoms with E-state index in [1.807, 2.05) is 30.3 Å². The molecule has 0 aliphatic rings. The lowest BCUT2D eigenvalue weighted by atomic mass is 10.3. The van der Waals surface area contributed by atoms with Gasteiger partial charge >= 0.3 is 0 Å². The van der Waals surface area contributed by atoms with Gasteiger partial charge in [0.25, 0.3) is 5.91 Å². The van der Waals surface area contributed by atoms with Crippen LogP contribution in [0.2, 0.25) is 10.0 Å². The van der Waals surface area contributed by atoms with Crippen molar-refractivity contribution in [1.29, 1.82) is 0 Å². The molecule has 0 saturated carbocycles. The van der Waals surface area contributed by atoms with E-state index >= 15 is 0 Å². The molecule has 3 rings (SSSR count). The third-order valence-electron chi connectivity index (χ3n) is 3.35. The molecule has 0 bridgehead atoms. The molecule has 2 N–H and O–H groups in total. The van der Waals surface area contributed by atoms with E-state index in [0.29, 0.717) is 27.3 Å². The molecule has 1 amide bonds. The number of hydrogen-bond donors (Lipinski definition) is 2. The van der Waals surface area contributed by atoms with Crippen LogP contribution in [0.5, 0.6) is 5.75 Å². The van der Waals surface area contributed by atoms with Crippen molar-refractivity contribution >= 4 is 46.3 Å². The normalized spacial score (nSPS) is 10.2. The van der Waals surface area contributed by atoms with Crippen LogP contribution in [0.15, 0.2) is 66.9 Å². The Morgan fingerprint density at radius 2 is 1.81 bits per heavy atom. The number of anilines is 3. The highest BCUT2D eigenvalue weighted by molar-refractivity contribution is 6.35. The van der Waals surface area contributed by atoms with Gasteiger partial charge in [0, 0.05) is 10.7 Å². The zero-order valence-electron chi connectivity index (χ0n) is 13.6. The fourth-order valence-electron chi connectivity index (χ4n) is 2.14. The number of para-hydroxylation sites is 1. The largest absolute Gasteiger partial charge is 0.482 e. The molecule has 0 unspecified atom stereocenters. The van der Waals surface area contributed by atoms with Crippen molar-refractivity contribution in [3.05, 3.63) is 76.9 Å². The van der Waals surface area contributed by atoms with Crippen LogP contribution >= 0.6 is 23.2 Å². The first kappa shape index (κ1) is 18.0. The van der Waals surface area contributed by atoms with Gasteiger partial charge < -0.3 is 15.4 Å². The average molecular weight is 388 g/mol. The highest BCUT2D eigenvalue weighted by Gasteiger charge is 2.07. The number of ether oxygens (including phenoxy) is 1. The molecule has 0 radical (unpaired) electrons. The molecule has 0 spiro atoms. The lowest BCUT2D eigenvalue weighted by Gasteiger charge is -2.10. The Balaban J connectivity index is 1.52. The van der Waals surface area contributed by atoms with E-state index < -0.39 is 0 Å². The number of carbonyl (C=O) groups excluding carboxylic acids is 1. The number of benzene rings is 2. The number of pyridine rings is 1. The minimum Gasteiger partial charge on any atom is -0.482 e. The molecule has 7 heteroatoms. The van der Waals surface area contributed by atoms with Crippen LogP contribution in [-0.4, -0.2) is 17.5 Å². The van der Waals surface area contributed by atoms with Gasteiger partial charge in [-0.3, -0.25) is 4.79 Å². The fourth-order valence-corrected chi connectivity index (χ4v) is 2.61. The van der Waals surface area contributed by atoms with Crippen molar-refractivity contribution < 1.29 is 9.53 Å². The molecule has 26 heavy (non-hydrogen) atoms. The smallest absolute Gasteiger partial charge is 0.262 e. The summed E-state index contributed by atoms with van der Waals surface area (Å²) in [5, 5.41) is 6.73. The summed E-state index contributed by atoms with van der Waals surface area (Å²) in [5.41, 5.74) is 1.50. The molecule has 5 nitrogen and oxygen atoms in total. The number of nitrogens with zero attached hydrogens (tertiary/aromatic N) is 1. The van der Waals surface area contributed by atoms with Crippen molar-refractivity contribution in [2.24, 2.45) is 0 Å². The maximum atomic E-state index is 12.0.